The second kappa shape index (κ2) is 7.80. The standard InChI is InChI=1S/C16H23BrN2O2/c1-2-8-19(11-12-4-3-7-18-10-12)16(21)14-9-13(17)5-6-15(14)20/h5-6,9,12,18,20H,2-4,7-8,10-11H2,1H3. The second-order valence-corrected chi connectivity index (χ2v) is 6.54. The average molecular weight is 355 g/mol. The Hall–Kier alpha value is -1.07. The number of carbonyl (C=O) groups excluding carboxylic acids is 1. The van der Waals surface area contributed by atoms with Gasteiger partial charge in [-0.1, -0.05) is 22.9 Å². The Morgan fingerprint density at radius 3 is 3.00 bits per heavy atom. The Labute approximate surface area is 134 Å². The molecule has 1 fully saturated rings. The van der Waals surface area contributed by atoms with E-state index in [4.69, 9.17) is 0 Å². The summed E-state index contributed by atoms with van der Waals surface area (Å²) in [6.07, 6.45) is 3.24. The third-order valence-electron chi connectivity index (χ3n) is 3.85. The quantitative estimate of drug-likeness (QED) is 0.854. The molecule has 0 aromatic heterocycles. The van der Waals surface area contributed by atoms with Gasteiger partial charge in [-0.3, -0.25) is 4.79 Å². The zero-order chi connectivity index (χ0) is 15.2. The first-order valence-corrected chi connectivity index (χ1v) is 8.39. The van der Waals surface area contributed by atoms with Crippen molar-refractivity contribution in [3.05, 3.63) is 28.2 Å². The highest BCUT2D eigenvalue weighted by Crippen LogP contribution is 2.24. The van der Waals surface area contributed by atoms with Crippen LogP contribution in [0.1, 0.15) is 36.5 Å². The zero-order valence-electron chi connectivity index (χ0n) is 12.4. The molecule has 1 atom stereocenters. The number of nitrogens with zero attached hydrogens (tertiary/aromatic N) is 1. The summed E-state index contributed by atoms with van der Waals surface area (Å²) in [5.41, 5.74) is 0.376. The molecule has 5 heteroatoms. The van der Waals surface area contributed by atoms with E-state index < -0.39 is 0 Å². The normalized spacial score (nSPS) is 18.5. The number of hydrogen-bond acceptors (Lipinski definition) is 3. The highest BCUT2D eigenvalue weighted by Gasteiger charge is 2.23. The molecule has 1 aliphatic heterocycles. The van der Waals surface area contributed by atoms with E-state index in [0.717, 1.165) is 43.5 Å². The predicted molar refractivity (Wildman–Crippen MR) is 87.6 cm³/mol. The van der Waals surface area contributed by atoms with Gasteiger partial charge in [-0.05, 0) is 56.5 Å². The molecule has 116 valence electrons. The van der Waals surface area contributed by atoms with Crippen LogP contribution >= 0.6 is 15.9 Å². The van der Waals surface area contributed by atoms with Gasteiger partial charge in [0.15, 0.2) is 0 Å². The molecular weight excluding hydrogens is 332 g/mol. The number of phenolic OH excluding ortho intramolecular Hbond substituents is 1. The minimum atomic E-state index is -0.0822. The van der Waals surface area contributed by atoms with Crippen molar-refractivity contribution in [1.29, 1.82) is 0 Å². The van der Waals surface area contributed by atoms with Crippen LogP contribution in [0.2, 0.25) is 0 Å². The van der Waals surface area contributed by atoms with Crippen LogP contribution in [-0.2, 0) is 0 Å². The fraction of sp³-hybridized carbons (Fsp3) is 0.562. The van der Waals surface area contributed by atoms with E-state index in [1.807, 2.05) is 4.90 Å². The van der Waals surface area contributed by atoms with Gasteiger partial charge < -0.3 is 15.3 Å². The van der Waals surface area contributed by atoms with Crippen molar-refractivity contribution >= 4 is 21.8 Å². The van der Waals surface area contributed by atoms with Gasteiger partial charge in [-0.25, -0.2) is 0 Å². The maximum Gasteiger partial charge on any atom is 0.257 e. The third kappa shape index (κ3) is 4.45. The highest BCUT2D eigenvalue weighted by molar-refractivity contribution is 9.10. The summed E-state index contributed by atoms with van der Waals surface area (Å²) in [6, 6.07) is 4.99. The van der Waals surface area contributed by atoms with E-state index >= 15 is 0 Å². The first kappa shape index (κ1) is 16.3. The summed E-state index contributed by atoms with van der Waals surface area (Å²) in [6.45, 7) is 5.59. The van der Waals surface area contributed by atoms with Crippen molar-refractivity contribution < 1.29 is 9.90 Å². The van der Waals surface area contributed by atoms with E-state index in [-0.39, 0.29) is 11.7 Å². The molecule has 1 aromatic rings. The molecule has 1 heterocycles. The number of nitrogens with one attached hydrogen (secondary N) is 1. The number of hydrogen-bond donors (Lipinski definition) is 2. The first-order chi connectivity index (χ1) is 10.1. The molecule has 0 bridgehead atoms. The van der Waals surface area contributed by atoms with Gasteiger partial charge in [0, 0.05) is 17.6 Å². The van der Waals surface area contributed by atoms with Crippen molar-refractivity contribution in [1.82, 2.24) is 10.2 Å². The van der Waals surface area contributed by atoms with Gasteiger partial charge in [-0.2, -0.15) is 0 Å². The average Bonchev–Trinajstić information content (AvgIpc) is 2.49. The summed E-state index contributed by atoms with van der Waals surface area (Å²) < 4.78 is 0.805. The summed E-state index contributed by atoms with van der Waals surface area (Å²) in [4.78, 5) is 14.6. The summed E-state index contributed by atoms with van der Waals surface area (Å²) in [7, 11) is 0. The summed E-state index contributed by atoms with van der Waals surface area (Å²) in [5, 5.41) is 13.3. The van der Waals surface area contributed by atoms with Crippen LogP contribution in [0, 0.1) is 5.92 Å². The van der Waals surface area contributed by atoms with E-state index in [2.05, 4.69) is 28.2 Å². The monoisotopic (exact) mass is 354 g/mol. The first-order valence-electron chi connectivity index (χ1n) is 7.60. The van der Waals surface area contributed by atoms with E-state index in [9.17, 15) is 9.90 Å². The third-order valence-corrected chi connectivity index (χ3v) is 4.34. The largest absolute Gasteiger partial charge is 0.507 e. The lowest BCUT2D eigenvalue weighted by Crippen LogP contribution is -2.41. The molecule has 1 unspecified atom stereocenters. The number of aromatic hydroxyl groups is 1. The van der Waals surface area contributed by atoms with Crippen molar-refractivity contribution in [2.45, 2.75) is 26.2 Å². The van der Waals surface area contributed by atoms with E-state index in [1.165, 1.54) is 6.42 Å². The van der Waals surface area contributed by atoms with E-state index in [0.29, 0.717) is 11.5 Å². The predicted octanol–water partition coefficient (Wildman–Crippen LogP) is 3.01. The Balaban J connectivity index is 2.12. The van der Waals surface area contributed by atoms with Crippen molar-refractivity contribution in [2.24, 2.45) is 5.92 Å². The maximum atomic E-state index is 12.7. The van der Waals surface area contributed by atoms with Gasteiger partial charge in [0.05, 0.1) is 5.56 Å². The van der Waals surface area contributed by atoms with Gasteiger partial charge in [0.2, 0.25) is 0 Å². The number of carbonyl (C=O) groups is 1. The van der Waals surface area contributed by atoms with Crippen LogP contribution in [0.3, 0.4) is 0 Å². The van der Waals surface area contributed by atoms with Crippen molar-refractivity contribution in [3.8, 4) is 5.75 Å². The molecule has 1 aliphatic rings. The number of rotatable bonds is 5. The minimum absolute atomic E-state index is 0.0473. The lowest BCUT2D eigenvalue weighted by molar-refractivity contribution is 0.0715. The van der Waals surface area contributed by atoms with Crippen LogP contribution < -0.4 is 5.32 Å². The Morgan fingerprint density at radius 2 is 2.33 bits per heavy atom. The molecule has 1 aromatic carbocycles. The van der Waals surface area contributed by atoms with Gasteiger partial charge >= 0.3 is 0 Å². The smallest absolute Gasteiger partial charge is 0.257 e. The lowest BCUT2D eigenvalue weighted by atomic mass is 9.98. The number of benzene rings is 1. The van der Waals surface area contributed by atoms with E-state index in [1.54, 1.807) is 18.2 Å². The Bertz CT molecular complexity index is 487. The number of piperidine rings is 1. The van der Waals surface area contributed by atoms with Gasteiger partial charge in [0.1, 0.15) is 5.75 Å². The molecule has 1 saturated heterocycles. The molecule has 0 spiro atoms. The molecule has 0 aliphatic carbocycles. The van der Waals surface area contributed by atoms with Crippen molar-refractivity contribution in [2.75, 3.05) is 26.2 Å². The topological polar surface area (TPSA) is 52.6 Å². The van der Waals surface area contributed by atoms with Gasteiger partial charge in [-0.15, -0.1) is 0 Å². The Morgan fingerprint density at radius 1 is 1.52 bits per heavy atom. The molecule has 21 heavy (non-hydrogen) atoms. The second-order valence-electron chi connectivity index (χ2n) is 5.63. The van der Waals surface area contributed by atoms with Crippen LogP contribution in [-0.4, -0.2) is 42.1 Å². The number of amides is 1. The highest BCUT2D eigenvalue weighted by atomic mass is 79.9. The minimum Gasteiger partial charge on any atom is -0.507 e. The molecular formula is C16H23BrN2O2. The van der Waals surface area contributed by atoms with Crippen LogP contribution in [0.4, 0.5) is 0 Å². The zero-order valence-corrected chi connectivity index (χ0v) is 14.0. The van der Waals surface area contributed by atoms with Crippen LogP contribution in [0.15, 0.2) is 22.7 Å². The maximum absolute atomic E-state index is 12.7. The molecule has 2 N–H and O–H groups in total. The van der Waals surface area contributed by atoms with Crippen molar-refractivity contribution in [3.63, 3.8) is 0 Å². The molecule has 2 rings (SSSR count). The molecule has 0 saturated carbocycles. The number of phenols is 1. The molecule has 0 radical (unpaired) electrons. The fourth-order valence-corrected chi connectivity index (χ4v) is 3.15. The number of halogens is 1. The lowest BCUT2D eigenvalue weighted by Gasteiger charge is -2.30. The Kier molecular flexibility index (Phi) is 6.06. The summed E-state index contributed by atoms with van der Waals surface area (Å²) in [5.74, 6) is 0.468. The van der Waals surface area contributed by atoms with Crippen LogP contribution in [0.5, 0.6) is 5.75 Å². The van der Waals surface area contributed by atoms with Gasteiger partial charge in [0.25, 0.3) is 5.91 Å². The molecule has 1 amide bonds. The fourth-order valence-electron chi connectivity index (χ4n) is 2.79. The SMILES string of the molecule is CCCN(CC1CCCNC1)C(=O)c1cc(Br)ccc1O. The van der Waals surface area contributed by atoms with Crippen LogP contribution in [0.25, 0.3) is 0 Å². The summed E-state index contributed by atoms with van der Waals surface area (Å²) >= 11 is 3.36. The molecule has 4 nitrogen and oxygen atoms in total.